The Labute approximate surface area is 269 Å². The predicted octanol–water partition coefficient (Wildman–Crippen LogP) is 7.99. The van der Waals surface area contributed by atoms with Crippen molar-refractivity contribution in [1.82, 2.24) is 20.0 Å². The topological polar surface area (TPSA) is 75.4 Å². The molecule has 0 unspecified atom stereocenters. The maximum atomic E-state index is 13.6. The first kappa shape index (κ1) is 29.7. The van der Waals surface area contributed by atoms with Crippen LogP contribution in [0.25, 0.3) is 33.1 Å². The molecule has 0 spiro atoms. The largest absolute Gasteiger partial charge is 0.354 e. The summed E-state index contributed by atoms with van der Waals surface area (Å²) in [5, 5.41) is 7.66. The molecule has 1 amide bonds. The fourth-order valence-electron chi connectivity index (χ4n) is 6.24. The van der Waals surface area contributed by atoms with Crippen LogP contribution in [-0.2, 0) is 11.8 Å². The SMILES string of the molecule is Cc1ccc(Cc2nc(N3CCCN(C(=O)c4ccc(C(C)(C)C)cc4)CC3)c3c(-c4ccc5ccccc5c4)noc3n2)cc1. The number of amides is 1. The lowest BCUT2D eigenvalue weighted by atomic mass is 9.86. The molecule has 1 aliphatic rings. The fourth-order valence-corrected chi connectivity index (χ4v) is 6.24. The molecular weight excluding hydrogens is 570 g/mol. The number of rotatable bonds is 5. The van der Waals surface area contributed by atoms with Gasteiger partial charge in [-0.3, -0.25) is 4.79 Å². The Morgan fingerprint density at radius 1 is 0.826 bits per heavy atom. The molecule has 7 rings (SSSR count). The van der Waals surface area contributed by atoms with E-state index in [1.165, 1.54) is 16.5 Å². The summed E-state index contributed by atoms with van der Waals surface area (Å²) in [5.41, 5.74) is 6.50. The van der Waals surface area contributed by atoms with Gasteiger partial charge in [0.2, 0.25) is 0 Å². The maximum Gasteiger partial charge on any atom is 0.263 e. The third-order valence-electron chi connectivity index (χ3n) is 8.95. The van der Waals surface area contributed by atoms with Gasteiger partial charge < -0.3 is 14.3 Å². The third kappa shape index (κ3) is 5.97. The van der Waals surface area contributed by atoms with Gasteiger partial charge in [-0.15, -0.1) is 0 Å². The van der Waals surface area contributed by atoms with Crippen molar-refractivity contribution >= 4 is 33.6 Å². The summed E-state index contributed by atoms with van der Waals surface area (Å²) in [5.74, 6) is 1.56. The highest BCUT2D eigenvalue weighted by atomic mass is 16.5. The summed E-state index contributed by atoms with van der Waals surface area (Å²) >= 11 is 0. The molecule has 3 heterocycles. The number of hydrogen-bond acceptors (Lipinski definition) is 6. The average Bonchev–Trinajstić information content (AvgIpc) is 3.33. The molecule has 2 aromatic heterocycles. The van der Waals surface area contributed by atoms with Gasteiger partial charge in [0.15, 0.2) is 0 Å². The van der Waals surface area contributed by atoms with Crippen molar-refractivity contribution in [2.24, 2.45) is 0 Å². The van der Waals surface area contributed by atoms with E-state index in [9.17, 15) is 4.79 Å². The van der Waals surface area contributed by atoms with Crippen LogP contribution in [0.2, 0.25) is 0 Å². The zero-order chi connectivity index (χ0) is 31.8. The molecule has 1 fully saturated rings. The van der Waals surface area contributed by atoms with Gasteiger partial charge in [0, 0.05) is 43.7 Å². The molecule has 0 bridgehead atoms. The Hall–Kier alpha value is -5.04. The second kappa shape index (κ2) is 12.0. The zero-order valence-corrected chi connectivity index (χ0v) is 27.0. The van der Waals surface area contributed by atoms with E-state index in [4.69, 9.17) is 14.5 Å². The van der Waals surface area contributed by atoms with Crippen LogP contribution in [0.4, 0.5) is 5.82 Å². The van der Waals surface area contributed by atoms with Crippen LogP contribution in [-0.4, -0.2) is 52.1 Å². The fraction of sp³-hybridized carbons (Fsp3) is 0.282. The quantitative estimate of drug-likeness (QED) is 0.197. The monoisotopic (exact) mass is 609 g/mol. The number of carbonyl (C=O) groups is 1. The van der Waals surface area contributed by atoms with Crippen molar-refractivity contribution in [3.63, 3.8) is 0 Å². The average molecular weight is 610 g/mol. The lowest BCUT2D eigenvalue weighted by Gasteiger charge is -2.24. The Kier molecular flexibility index (Phi) is 7.77. The van der Waals surface area contributed by atoms with Crippen LogP contribution >= 0.6 is 0 Å². The highest BCUT2D eigenvalue weighted by Crippen LogP contribution is 2.36. The van der Waals surface area contributed by atoms with Crippen LogP contribution in [0.5, 0.6) is 0 Å². The van der Waals surface area contributed by atoms with Crippen molar-refractivity contribution < 1.29 is 9.32 Å². The minimum absolute atomic E-state index is 0.0412. The number of anilines is 1. The molecule has 1 aliphatic heterocycles. The summed E-state index contributed by atoms with van der Waals surface area (Å²) in [6, 6.07) is 31.2. The molecular formula is C39H39N5O2. The van der Waals surface area contributed by atoms with E-state index in [1.54, 1.807) is 0 Å². The molecule has 7 heteroatoms. The van der Waals surface area contributed by atoms with Gasteiger partial charge in [-0.05, 0) is 58.9 Å². The van der Waals surface area contributed by atoms with Gasteiger partial charge in [-0.25, -0.2) is 4.98 Å². The van der Waals surface area contributed by atoms with Crippen molar-refractivity contribution in [2.45, 2.75) is 46.0 Å². The number of carbonyl (C=O) groups excluding carboxylic acids is 1. The summed E-state index contributed by atoms with van der Waals surface area (Å²) in [6.07, 6.45) is 1.40. The first-order valence-corrected chi connectivity index (χ1v) is 16.1. The van der Waals surface area contributed by atoms with E-state index in [2.05, 4.69) is 104 Å². The number of benzene rings is 4. The van der Waals surface area contributed by atoms with Crippen LogP contribution in [0.3, 0.4) is 0 Å². The molecule has 4 aromatic carbocycles. The summed E-state index contributed by atoms with van der Waals surface area (Å²) in [6.45, 7) is 11.3. The third-order valence-corrected chi connectivity index (χ3v) is 8.95. The first-order valence-electron chi connectivity index (χ1n) is 16.1. The molecule has 0 N–H and O–H groups in total. The van der Waals surface area contributed by atoms with Gasteiger partial charge in [-0.1, -0.05) is 104 Å². The van der Waals surface area contributed by atoms with Gasteiger partial charge >= 0.3 is 0 Å². The Morgan fingerprint density at radius 3 is 2.35 bits per heavy atom. The molecule has 46 heavy (non-hydrogen) atoms. The minimum atomic E-state index is 0.0412. The number of fused-ring (bicyclic) bond motifs is 2. The molecule has 1 saturated heterocycles. The molecule has 0 aliphatic carbocycles. The van der Waals surface area contributed by atoms with Gasteiger partial charge in [-0.2, -0.15) is 4.98 Å². The van der Waals surface area contributed by atoms with Crippen LogP contribution in [0.1, 0.15) is 60.1 Å². The Bertz CT molecular complexity index is 2020. The minimum Gasteiger partial charge on any atom is -0.354 e. The number of hydrogen-bond donors (Lipinski definition) is 0. The summed E-state index contributed by atoms with van der Waals surface area (Å²) in [7, 11) is 0. The number of aromatic nitrogens is 3. The van der Waals surface area contributed by atoms with Crippen LogP contribution in [0.15, 0.2) is 95.5 Å². The molecule has 7 nitrogen and oxygen atoms in total. The normalized spacial score (nSPS) is 14.2. The number of nitrogens with zero attached hydrogens (tertiary/aromatic N) is 5. The summed E-state index contributed by atoms with van der Waals surface area (Å²) < 4.78 is 5.93. The van der Waals surface area contributed by atoms with Crippen molar-refractivity contribution in [3.8, 4) is 11.3 Å². The molecule has 0 atom stereocenters. The summed E-state index contributed by atoms with van der Waals surface area (Å²) in [4.78, 5) is 27.9. The zero-order valence-electron chi connectivity index (χ0n) is 27.0. The predicted molar refractivity (Wildman–Crippen MR) is 184 cm³/mol. The molecule has 6 aromatic rings. The van der Waals surface area contributed by atoms with Crippen LogP contribution < -0.4 is 4.90 Å². The van der Waals surface area contributed by atoms with E-state index >= 15 is 0 Å². The van der Waals surface area contributed by atoms with Gasteiger partial charge in [0.05, 0.1) is 0 Å². The lowest BCUT2D eigenvalue weighted by molar-refractivity contribution is 0.0767. The second-order valence-corrected chi connectivity index (χ2v) is 13.4. The molecule has 0 saturated carbocycles. The van der Waals surface area contributed by atoms with Crippen LogP contribution in [0, 0.1) is 6.92 Å². The van der Waals surface area contributed by atoms with Crippen molar-refractivity contribution in [3.05, 3.63) is 119 Å². The Morgan fingerprint density at radius 2 is 1.59 bits per heavy atom. The van der Waals surface area contributed by atoms with E-state index in [0.717, 1.165) is 51.9 Å². The molecule has 0 radical (unpaired) electrons. The standard InChI is InChI=1S/C39H39N5O2/c1-26-10-12-27(13-11-26)24-33-40-36(34-35(42-46-37(34)41-33)31-15-14-28-8-5-6-9-30(28)25-31)43-20-7-21-44(23-22-43)38(45)29-16-18-32(19-17-29)39(2,3)4/h5-6,8-19,25H,7,20-24H2,1-4H3. The lowest BCUT2D eigenvalue weighted by Crippen LogP contribution is -2.35. The van der Waals surface area contributed by atoms with Crippen molar-refractivity contribution in [1.29, 1.82) is 0 Å². The first-order chi connectivity index (χ1) is 22.2. The molecule has 232 valence electrons. The second-order valence-electron chi connectivity index (χ2n) is 13.4. The highest BCUT2D eigenvalue weighted by molar-refractivity contribution is 6.00. The van der Waals surface area contributed by atoms with Crippen molar-refractivity contribution in [2.75, 3.05) is 31.1 Å². The van der Waals surface area contributed by atoms with E-state index < -0.39 is 0 Å². The van der Waals surface area contributed by atoms with Gasteiger partial charge in [0.1, 0.15) is 22.7 Å². The van der Waals surface area contributed by atoms with E-state index in [1.807, 2.05) is 29.2 Å². The highest BCUT2D eigenvalue weighted by Gasteiger charge is 2.27. The Balaban J connectivity index is 1.23. The number of aryl methyl sites for hydroxylation is 1. The van der Waals surface area contributed by atoms with Gasteiger partial charge in [0.25, 0.3) is 11.6 Å². The van der Waals surface area contributed by atoms with E-state index in [-0.39, 0.29) is 11.3 Å². The smallest absolute Gasteiger partial charge is 0.263 e. The maximum absolute atomic E-state index is 13.6. The van der Waals surface area contributed by atoms with E-state index in [0.29, 0.717) is 37.6 Å².